The van der Waals surface area contributed by atoms with Crippen LogP contribution in [0.3, 0.4) is 0 Å². The Balaban J connectivity index is 1.72. The van der Waals surface area contributed by atoms with Gasteiger partial charge in [-0.3, -0.25) is 0 Å². The number of nitrogens with one attached hydrogen (secondary N) is 1. The highest BCUT2D eigenvalue weighted by Gasteiger charge is 2.38. The summed E-state index contributed by atoms with van der Waals surface area (Å²) < 4.78 is 0. The van der Waals surface area contributed by atoms with Gasteiger partial charge in [0, 0.05) is 12.2 Å². The lowest BCUT2D eigenvalue weighted by Gasteiger charge is -2.27. The van der Waals surface area contributed by atoms with Gasteiger partial charge < -0.3 is 5.32 Å². The molecule has 18 heavy (non-hydrogen) atoms. The maximum absolute atomic E-state index is 6.14. The zero-order valence-corrected chi connectivity index (χ0v) is 11.6. The molecule has 0 aromatic carbocycles. The number of aromatic nitrogens is 1. The highest BCUT2D eigenvalue weighted by Crippen LogP contribution is 2.45. The average Bonchev–Trinajstić information content (AvgIpc) is 2.96. The number of nitrogens with zero attached hydrogens (tertiary/aromatic N) is 1. The second kappa shape index (κ2) is 4.58. The van der Waals surface area contributed by atoms with Crippen LogP contribution in [0.15, 0.2) is 24.4 Å². The number of pyridine rings is 1. The Hall–Kier alpha value is -1.02. The minimum absolute atomic E-state index is 0.450. The zero-order chi connectivity index (χ0) is 12.7. The smallest absolute Gasteiger partial charge is 0.152 e. The van der Waals surface area contributed by atoms with Gasteiger partial charge in [-0.1, -0.05) is 23.8 Å². The largest absolute Gasteiger partial charge is 0.380 e. The minimum Gasteiger partial charge on any atom is -0.380 e. The van der Waals surface area contributed by atoms with E-state index in [1.54, 1.807) is 6.20 Å². The number of anilines is 1. The van der Waals surface area contributed by atoms with Crippen molar-refractivity contribution in [3.8, 4) is 0 Å². The highest BCUT2D eigenvalue weighted by atomic mass is 35.5. The van der Waals surface area contributed by atoms with E-state index in [-0.39, 0.29) is 0 Å². The van der Waals surface area contributed by atoms with E-state index in [0.717, 1.165) is 29.0 Å². The molecule has 0 saturated heterocycles. The maximum atomic E-state index is 6.14. The van der Waals surface area contributed by atoms with Crippen LogP contribution >= 0.6 is 11.6 Å². The van der Waals surface area contributed by atoms with E-state index in [1.807, 2.05) is 6.92 Å². The van der Waals surface area contributed by atoms with Gasteiger partial charge in [-0.25, -0.2) is 4.98 Å². The molecule has 1 N–H and O–H groups in total. The molecule has 2 aliphatic carbocycles. The van der Waals surface area contributed by atoms with E-state index < -0.39 is 0 Å². The molecule has 0 spiro atoms. The lowest BCUT2D eigenvalue weighted by molar-refractivity contribution is 0.400. The molecule has 1 saturated carbocycles. The summed E-state index contributed by atoms with van der Waals surface area (Å²) in [5, 5.41) is 4.12. The fourth-order valence-corrected chi connectivity index (χ4v) is 3.56. The van der Waals surface area contributed by atoms with Crippen LogP contribution in [0.25, 0.3) is 0 Å². The topological polar surface area (TPSA) is 24.9 Å². The number of fused-ring (bicyclic) bond motifs is 2. The van der Waals surface area contributed by atoms with Gasteiger partial charge in [0.2, 0.25) is 0 Å². The number of hydrogen-bond acceptors (Lipinski definition) is 2. The van der Waals surface area contributed by atoms with Gasteiger partial charge in [-0.05, 0) is 56.1 Å². The number of allylic oxidation sites excluding steroid dienone is 2. The third-order valence-corrected chi connectivity index (χ3v) is 4.63. The third kappa shape index (κ3) is 2.14. The Bertz CT molecular complexity index is 483. The minimum atomic E-state index is 0.450. The summed E-state index contributed by atoms with van der Waals surface area (Å²) in [5.74, 6) is 2.31. The van der Waals surface area contributed by atoms with Gasteiger partial charge in [0.15, 0.2) is 5.15 Å². The van der Waals surface area contributed by atoms with Crippen molar-refractivity contribution in [2.75, 3.05) is 5.32 Å². The zero-order valence-electron chi connectivity index (χ0n) is 10.9. The summed E-state index contributed by atoms with van der Waals surface area (Å²) in [6, 6.07) is 2.53. The lowest BCUT2D eigenvalue weighted by Crippen LogP contribution is -2.29. The molecule has 0 radical (unpaired) electrons. The quantitative estimate of drug-likeness (QED) is 0.656. The van der Waals surface area contributed by atoms with Gasteiger partial charge in [0.05, 0.1) is 5.69 Å². The second-order valence-corrected chi connectivity index (χ2v) is 6.09. The number of rotatable bonds is 3. The van der Waals surface area contributed by atoms with Crippen LogP contribution in [-0.2, 0) is 0 Å². The van der Waals surface area contributed by atoms with Crippen LogP contribution in [0.2, 0.25) is 5.15 Å². The van der Waals surface area contributed by atoms with Gasteiger partial charge >= 0.3 is 0 Å². The van der Waals surface area contributed by atoms with E-state index in [1.165, 1.54) is 12.8 Å². The Morgan fingerprint density at radius 2 is 2.22 bits per heavy atom. The molecular weight excluding hydrogens is 244 g/mol. The van der Waals surface area contributed by atoms with E-state index in [0.29, 0.717) is 11.2 Å². The molecule has 4 unspecified atom stereocenters. The molecule has 96 valence electrons. The predicted octanol–water partition coefficient (Wildman–Crippen LogP) is 4.06. The standard InChI is InChI=1S/C15H19ClN2/c1-9-5-14(15(16)17-8-9)18-10(2)13-7-11-3-4-12(13)6-11/h3-5,8,10-13,18H,6-7H2,1-2H3. The first-order chi connectivity index (χ1) is 8.63. The SMILES string of the molecule is Cc1cnc(Cl)c(NC(C)C2CC3C=CC2C3)c1. The first-order valence-electron chi connectivity index (χ1n) is 6.70. The first kappa shape index (κ1) is 12.0. The normalized spacial score (nSPS) is 30.7. The van der Waals surface area contributed by atoms with Crippen molar-refractivity contribution in [2.45, 2.75) is 32.7 Å². The molecule has 1 heterocycles. The lowest BCUT2D eigenvalue weighted by atomic mass is 9.87. The van der Waals surface area contributed by atoms with Crippen LogP contribution in [0.5, 0.6) is 0 Å². The van der Waals surface area contributed by atoms with Crippen molar-refractivity contribution >= 4 is 17.3 Å². The van der Waals surface area contributed by atoms with Crippen LogP contribution in [0.1, 0.15) is 25.3 Å². The van der Waals surface area contributed by atoms with Crippen molar-refractivity contribution in [3.05, 3.63) is 35.1 Å². The molecule has 1 fully saturated rings. The van der Waals surface area contributed by atoms with Crippen LogP contribution in [0.4, 0.5) is 5.69 Å². The Morgan fingerprint density at radius 1 is 1.39 bits per heavy atom. The molecule has 0 amide bonds. The Kier molecular flexibility index (Phi) is 3.06. The first-order valence-corrected chi connectivity index (χ1v) is 7.08. The molecule has 1 aromatic heterocycles. The van der Waals surface area contributed by atoms with Gasteiger partial charge in [-0.2, -0.15) is 0 Å². The summed E-state index contributed by atoms with van der Waals surface area (Å²) in [6.07, 6.45) is 9.24. The van der Waals surface area contributed by atoms with E-state index in [9.17, 15) is 0 Å². The van der Waals surface area contributed by atoms with Crippen molar-refractivity contribution in [1.82, 2.24) is 4.98 Å². The fourth-order valence-electron chi connectivity index (χ4n) is 3.40. The molecule has 2 aliphatic rings. The molecule has 2 nitrogen and oxygen atoms in total. The number of halogens is 1. The average molecular weight is 263 g/mol. The number of hydrogen-bond donors (Lipinski definition) is 1. The number of aryl methyl sites for hydroxylation is 1. The second-order valence-electron chi connectivity index (χ2n) is 5.73. The maximum Gasteiger partial charge on any atom is 0.152 e. The molecule has 3 heteroatoms. The molecule has 0 aliphatic heterocycles. The predicted molar refractivity (Wildman–Crippen MR) is 75.9 cm³/mol. The molecule has 4 atom stereocenters. The molecule has 3 rings (SSSR count). The van der Waals surface area contributed by atoms with Crippen molar-refractivity contribution in [2.24, 2.45) is 17.8 Å². The van der Waals surface area contributed by atoms with E-state index >= 15 is 0 Å². The van der Waals surface area contributed by atoms with E-state index in [4.69, 9.17) is 11.6 Å². The highest BCUT2D eigenvalue weighted by molar-refractivity contribution is 6.31. The summed E-state index contributed by atoms with van der Waals surface area (Å²) in [7, 11) is 0. The summed E-state index contributed by atoms with van der Waals surface area (Å²) in [4.78, 5) is 4.20. The van der Waals surface area contributed by atoms with Gasteiger partial charge in [0.1, 0.15) is 0 Å². The fraction of sp³-hybridized carbons (Fsp3) is 0.533. The Labute approximate surface area is 113 Å². The molecular formula is C15H19ClN2. The van der Waals surface area contributed by atoms with Gasteiger partial charge in [-0.15, -0.1) is 0 Å². The van der Waals surface area contributed by atoms with Gasteiger partial charge in [0.25, 0.3) is 0 Å². The van der Waals surface area contributed by atoms with Crippen molar-refractivity contribution in [3.63, 3.8) is 0 Å². The molecule has 1 aromatic rings. The van der Waals surface area contributed by atoms with Crippen LogP contribution in [0, 0.1) is 24.7 Å². The van der Waals surface area contributed by atoms with Crippen molar-refractivity contribution in [1.29, 1.82) is 0 Å². The van der Waals surface area contributed by atoms with Crippen molar-refractivity contribution < 1.29 is 0 Å². The Morgan fingerprint density at radius 3 is 2.89 bits per heavy atom. The third-order valence-electron chi connectivity index (χ3n) is 4.33. The van der Waals surface area contributed by atoms with Crippen LogP contribution < -0.4 is 5.32 Å². The summed E-state index contributed by atoms with van der Waals surface area (Å²) >= 11 is 6.14. The molecule has 2 bridgehead atoms. The monoisotopic (exact) mass is 262 g/mol. The van der Waals surface area contributed by atoms with Crippen LogP contribution in [-0.4, -0.2) is 11.0 Å². The summed E-state index contributed by atoms with van der Waals surface area (Å²) in [5.41, 5.74) is 2.11. The van der Waals surface area contributed by atoms with E-state index in [2.05, 4.69) is 35.4 Å². The summed E-state index contributed by atoms with van der Waals surface area (Å²) in [6.45, 7) is 4.30.